The molecule has 0 bridgehead atoms. The van der Waals surface area contributed by atoms with Gasteiger partial charge in [-0.2, -0.15) is 0 Å². The molecule has 0 spiro atoms. The van der Waals surface area contributed by atoms with Gasteiger partial charge in [0.25, 0.3) is 0 Å². The minimum Gasteiger partial charge on any atom is -0.393 e. The third-order valence-electron chi connectivity index (χ3n) is 3.59. The Kier molecular flexibility index (Phi) is 4.74. The van der Waals surface area contributed by atoms with Crippen molar-refractivity contribution in [3.8, 4) is 0 Å². The van der Waals surface area contributed by atoms with Crippen LogP contribution in [-0.4, -0.2) is 41.7 Å². The van der Waals surface area contributed by atoms with Crippen LogP contribution in [0.4, 0.5) is 0 Å². The van der Waals surface area contributed by atoms with Crippen LogP contribution in [0, 0.1) is 17.8 Å². The van der Waals surface area contributed by atoms with Gasteiger partial charge in [0.1, 0.15) is 0 Å². The number of likely N-dealkylation sites (tertiary alicyclic amines) is 1. The summed E-state index contributed by atoms with van der Waals surface area (Å²) in [5, 5.41) is 9.49. The molecule has 0 aromatic carbocycles. The van der Waals surface area contributed by atoms with Gasteiger partial charge in [0, 0.05) is 25.6 Å². The van der Waals surface area contributed by atoms with Crippen LogP contribution in [0.25, 0.3) is 0 Å². The van der Waals surface area contributed by atoms with Crippen molar-refractivity contribution in [3.05, 3.63) is 0 Å². The second-order valence-electron chi connectivity index (χ2n) is 5.16. The number of hydrogen-bond donors (Lipinski definition) is 2. The van der Waals surface area contributed by atoms with E-state index in [0.717, 1.165) is 13.0 Å². The Morgan fingerprint density at radius 2 is 2.12 bits per heavy atom. The average molecular weight is 228 g/mol. The predicted molar refractivity (Wildman–Crippen MR) is 63.8 cm³/mol. The molecular formula is C12H24N2O2. The fourth-order valence-corrected chi connectivity index (χ4v) is 2.27. The zero-order valence-electron chi connectivity index (χ0n) is 10.5. The number of nitrogens with zero attached hydrogens (tertiary/aromatic N) is 1. The molecule has 0 saturated carbocycles. The van der Waals surface area contributed by atoms with E-state index in [1.165, 1.54) is 0 Å². The molecule has 94 valence electrons. The number of rotatable bonds is 4. The predicted octanol–water partition coefficient (Wildman–Crippen LogP) is 0.447. The molecule has 1 fully saturated rings. The van der Waals surface area contributed by atoms with Crippen molar-refractivity contribution in [1.29, 1.82) is 0 Å². The van der Waals surface area contributed by atoms with Gasteiger partial charge in [-0.1, -0.05) is 13.8 Å². The van der Waals surface area contributed by atoms with Crippen molar-refractivity contribution < 1.29 is 9.90 Å². The molecule has 0 radical (unpaired) electrons. The molecule has 1 aliphatic rings. The van der Waals surface area contributed by atoms with Crippen LogP contribution in [0.2, 0.25) is 0 Å². The van der Waals surface area contributed by atoms with Gasteiger partial charge < -0.3 is 15.7 Å². The standard InChI is InChI=1S/C12H24N2O2/c1-8(2)11(6-13)12(16)14-5-4-10(7-14)9(3)15/h8-11,15H,4-7,13H2,1-3H3. The van der Waals surface area contributed by atoms with Gasteiger partial charge in [-0.3, -0.25) is 4.79 Å². The minimum absolute atomic E-state index is 0.0762. The van der Waals surface area contributed by atoms with Gasteiger partial charge in [-0.25, -0.2) is 0 Å². The van der Waals surface area contributed by atoms with Crippen LogP contribution in [0.5, 0.6) is 0 Å². The van der Waals surface area contributed by atoms with Gasteiger partial charge in [-0.15, -0.1) is 0 Å². The third-order valence-corrected chi connectivity index (χ3v) is 3.59. The summed E-state index contributed by atoms with van der Waals surface area (Å²) < 4.78 is 0. The van der Waals surface area contributed by atoms with Gasteiger partial charge in [-0.05, 0) is 19.3 Å². The first-order valence-electron chi connectivity index (χ1n) is 6.14. The lowest BCUT2D eigenvalue weighted by Crippen LogP contribution is -2.40. The van der Waals surface area contributed by atoms with Crippen LogP contribution >= 0.6 is 0 Å². The van der Waals surface area contributed by atoms with Crippen molar-refractivity contribution in [3.63, 3.8) is 0 Å². The molecule has 4 nitrogen and oxygen atoms in total. The van der Waals surface area contributed by atoms with Crippen LogP contribution in [0.1, 0.15) is 27.2 Å². The summed E-state index contributed by atoms with van der Waals surface area (Å²) >= 11 is 0. The number of aliphatic hydroxyl groups is 1. The van der Waals surface area contributed by atoms with Gasteiger partial charge in [0.2, 0.25) is 5.91 Å². The van der Waals surface area contributed by atoms with Gasteiger partial charge >= 0.3 is 0 Å². The van der Waals surface area contributed by atoms with E-state index in [1.54, 1.807) is 6.92 Å². The summed E-state index contributed by atoms with van der Waals surface area (Å²) in [5.41, 5.74) is 5.64. The zero-order valence-corrected chi connectivity index (χ0v) is 10.5. The molecule has 1 saturated heterocycles. The molecule has 3 atom stereocenters. The highest BCUT2D eigenvalue weighted by atomic mass is 16.3. The molecule has 1 amide bonds. The lowest BCUT2D eigenvalue weighted by molar-refractivity contribution is -0.135. The Bertz CT molecular complexity index is 241. The molecule has 3 unspecified atom stereocenters. The van der Waals surface area contributed by atoms with Crippen molar-refractivity contribution in [2.45, 2.75) is 33.3 Å². The van der Waals surface area contributed by atoms with Crippen LogP contribution in [0.15, 0.2) is 0 Å². The van der Waals surface area contributed by atoms with E-state index in [2.05, 4.69) is 0 Å². The van der Waals surface area contributed by atoms with Crippen molar-refractivity contribution >= 4 is 5.91 Å². The maximum atomic E-state index is 12.2. The summed E-state index contributed by atoms with van der Waals surface area (Å²) in [5.74, 6) is 0.589. The minimum atomic E-state index is -0.326. The summed E-state index contributed by atoms with van der Waals surface area (Å²) in [4.78, 5) is 14.0. The Hall–Kier alpha value is -0.610. The second kappa shape index (κ2) is 5.64. The van der Waals surface area contributed by atoms with E-state index < -0.39 is 0 Å². The van der Waals surface area contributed by atoms with E-state index in [4.69, 9.17) is 5.73 Å². The quantitative estimate of drug-likeness (QED) is 0.734. The van der Waals surface area contributed by atoms with Crippen LogP contribution in [-0.2, 0) is 4.79 Å². The van der Waals surface area contributed by atoms with E-state index in [9.17, 15) is 9.90 Å². The maximum absolute atomic E-state index is 12.2. The maximum Gasteiger partial charge on any atom is 0.227 e. The number of amides is 1. The average Bonchev–Trinajstić information content (AvgIpc) is 2.66. The Morgan fingerprint density at radius 1 is 1.50 bits per heavy atom. The molecule has 1 rings (SSSR count). The molecule has 1 aliphatic heterocycles. The molecule has 4 heteroatoms. The highest BCUT2D eigenvalue weighted by Crippen LogP contribution is 2.23. The fourth-order valence-electron chi connectivity index (χ4n) is 2.27. The number of hydrogen-bond acceptors (Lipinski definition) is 3. The zero-order chi connectivity index (χ0) is 12.3. The lowest BCUT2D eigenvalue weighted by Gasteiger charge is -2.25. The number of carbonyl (C=O) groups excluding carboxylic acids is 1. The van der Waals surface area contributed by atoms with Crippen molar-refractivity contribution in [2.75, 3.05) is 19.6 Å². The topological polar surface area (TPSA) is 66.6 Å². The van der Waals surface area contributed by atoms with Gasteiger partial charge in [0.05, 0.1) is 12.0 Å². The summed E-state index contributed by atoms with van der Waals surface area (Å²) in [6.07, 6.45) is 0.576. The number of aliphatic hydroxyl groups excluding tert-OH is 1. The Labute approximate surface area is 97.8 Å². The molecule has 3 N–H and O–H groups in total. The van der Waals surface area contributed by atoms with E-state index in [1.807, 2.05) is 18.7 Å². The van der Waals surface area contributed by atoms with E-state index >= 15 is 0 Å². The molecule has 16 heavy (non-hydrogen) atoms. The smallest absolute Gasteiger partial charge is 0.227 e. The second-order valence-corrected chi connectivity index (χ2v) is 5.16. The third kappa shape index (κ3) is 2.95. The number of carbonyl (C=O) groups is 1. The lowest BCUT2D eigenvalue weighted by atomic mass is 9.94. The normalized spacial score (nSPS) is 24.9. The van der Waals surface area contributed by atoms with Crippen LogP contribution < -0.4 is 5.73 Å². The molecule has 0 aromatic heterocycles. The molecule has 0 aromatic rings. The van der Waals surface area contributed by atoms with Gasteiger partial charge in [0.15, 0.2) is 0 Å². The molecular weight excluding hydrogens is 204 g/mol. The van der Waals surface area contributed by atoms with E-state index in [0.29, 0.717) is 13.1 Å². The van der Waals surface area contributed by atoms with Crippen LogP contribution in [0.3, 0.4) is 0 Å². The highest BCUT2D eigenvalue weighted by Gasteiger charge is 2.33. The summed E-state index contributed by atoms with van der Waals surface area (Å²) in [6.45, 7) is 7.69. The van der Waals surface area contributed by atoms with Crippen molar-refractivity contribution in [1.82, 2.24) is 4.90 Å². The Balaban J connectivity index is 2.56. The fraction of sp³-hybridized carbons (Fsp3) is 0.917. The first kappa shape index (κ1) is 13.5. The monoisotopic (exact) mass is 228 g/mol. The summed E-state index contributed by atoms with van der Waals surface area (Å²) in [7, 11) is 0. The molecule has 0 aliphatic carbocycles. The number of nitrogens with two attached hydrogens (primary N) is 1. The SMILES string of the molecule is CC(C)C(CN)C(=O)N1CCC(C(C)O)C1. The summed E-state index contributed by atoms with van der Waals surface area (Å²) in [6, 6.07) is 0. The first-order chi connectivity index (χ1) is 7.47. The van der Waals surface area contributed by atoms with Crippen molar-refractivity contribution in [2.24, 2.45) is 23.5 Å². The highest BCUT2D eigenvalue weighted by molar-refractivity contribution is 5.79. The largest absolute Gasteiger partial charge is 0.393 e. The molecule has 1 heterocycles. The van der Waals surface area contributed by atoms with E-state index in [-0.39, 0.29) is 29.8 Å². The Morgan fingerprint density at radius 3 is 2.50 bits per heavy atom. The first-order valence-corrected chi connectivity index (χ1v) is 6.14.